The third-order valence-electron chi connectivity index (χ3n) is 20.1. The van der Waals surface area contributed by atoms with Crippen LogP contribution in [0.3, 0.4) is 0 Å². The maximum Gasteiger partial charge on any atom is 0.472 e. The second-order valence-electron chi connectivity index (χ2n) is 32.4. The van der Waals surface area contributed by atoms with E-state index in [0.29, 0.717) is 31.6 Å². The predicted molar refractivity (Wildman–Crippen MR) is 432 cm³/mol. The molecule has 0 bridgehead atoms. The number of ether oxygens (including phenoxy) is 4. The maximum absolute atomic E-state index is 13.1. The van der Waals surface area contributed by atoms with Crippen LogP contribution in [0, 0.1) is 17.8 Å². The van der Waals surface area contributed by atoms with E-state index in [1.54, 1.807) is 0 Å². The quantitative estimate of drug-likeness (QED) is 0.0222. The third-order valence-corrected chi connectivity index (χ3v) is 22.0. The zero-order valence-electron chi connectivity index (χ0n) is 69.2. The Morgan fingerprint density at radius 3 is 0.648 bits per heavy atom. The van der Waals surface area contributed by atoms with Gasteiger partial charge in [-0.05, 0) is 43.4 Å². The molecule has 0 saturated carbocycles. The van der Waals surface area contributed by atoms with Gasteiger partial charge in [-0.2, -0.15) is 0 Å². The lowest BCUT2D eigenvalue weighted by Crippen LogP contribution is -2.30. The molecule has 0 heterocycles. The van der Waals surface area contributed by atoms with Crippen molar-refractivity contribution in [2.45, 2.75) is 471 Å². The lowest BCUT2D eigenvalue weighted by Gasteiger charge is -2.21. The average molecular weight is 1540 g/mol. The molecular weight excluding hydrogens is 1370 g/mol. The number of carbonyl (C=O) groups is 4. The van der Waals surface area contributed by atoms with Gasteiger partial charge in [0.15, 0.2) is 12.2 Å². The number of unbranched alkanes of at least 4 members (excludes halogenated alkanes) is 52. The number of aliphatic hydroxyl groups is 1. The second kappa shape index (κ2) is 76.1. The van der Waals surface area contributed by atoms with E-state index in [-0.39, 0.29) is 25.7 Å². The van der Waals surface area contributed by atoms with E-state index >= 15 is 0 Å². The van der Waals surface area contributed by atoms with Crippen molar-refractivity contribution in [3.05, 3.63) is 0 Å². The molecule has 0 aromatic rings. The standard InChI is InChI=1S/C86H168O17P2/c1-8-9-10-11-12-13-14-15-16-17-18-19-20-21-26-29-35-40-47-55-62-69-85(90)102-81(73-96-83(88)67-60-53-46-39-34-28-25-23-22-24-27-32-37-43-50-57-64-77(2)3)75-100-104(92,93)98-71-80(87)72-99-105(94,95)101-76-82(74-97-84(89)68-61-54-49-42-45-52-59-66-79(6)7)103-86(91)70-63-56-48-41-36-31-30-33-38-44-51-58-65-78(4)5/h77-82,87H,8-76H2,1-7H3,(H,92,93)(H,94,95)/t80-,81-,82-/m1/s1. The number of phosphoric acid groups is 2. The Morgan fingerprint density at radius 2 is 0.438 bits per heavy atom. The molecule has 0 saturated heterocycles. The molecule has 624 valence electrons. The molecule has 0 rings (SSSR count). The van der Waals surface area contributed by atoms with Crippen molar-refractivity contribution in [3.63, 3.8) is 0 Å². The molecule has 0 radical (unpaired) electrons. The summed E-state index contributed by atoms with van der Waals surface area (Å²) in [6.45, 7) is 12.0. The van der Waals surface area contributed by atoms with Crippen LogP contribution >= 0.6 is 15.6 Å². The van der Waals surface area contributed by atoms with E-state index in [4.69, 9.17) is 37.0 Å². The molecule has 0 aliphatic rings. The highest BCUT2D eigenvalue weighted by Gasteiger charge is 2.30. The van der Waals surface area contributed by atoms with Crippen LogP contribution in [0.15, 0.2) is 0 Å². The zero-order valence-corrected chi connectivity index (χ0v) is 71.0. The fourth-order valence-electron chi connectivity index (χ4n) is 13.4. The van der Waals surface area contributed by atoms with Crippen LogP contribution in [0.25, 0.3) is 0 Å². The average Bonchev–Trinajstić information content (AvgIpc) is 0.909. The Labute approximate surface area is 645 Å². The summed E-state index contributed by atoms with van der Waals surface area (Å²) in [6, 6.07) is 0. The van der Waals surface area contributed by atoms with E-state index in [1.165, 1.54) is 257 Å². The minimum Gasteiger partial charge on any atom is -0.462 e. The first kappa shape index (κ1) is 103. The number of carbonyl (C=O) groups excluding carboxylic acids is 4. The molecule has 2 unspecified atom stereocenters. The fourth-order valence-corrected chi connectivity index (χ4v) is 14.9. The largest absolute Gasteiger partial charge is 0.472 e. The highest BCUT2D eigenvalue weighted by atomic mass is 31.2. The number of phosphoric ester groups is 2. The minimum absolute atomic E-state index is 0.106. The first-order chi connectivity index (χ1) is 50.7. The first-order valence-corrected chi connectivity index (χ1v) is 47.3. The monoisotopic (exact) mass is 1540 g/mol. The molecule has 5 atom stereocenters. The van der Waals surface area contributed by atoms with Gasteiger partial charge in [0.1, 0.15) is 19.3 Å². The topological polar surface area (TPSA) is 237 Å². The summed E-state index contributed by atoms with van der Waals surface area (Å²) in [5.74, 6) is 0.188. The normalized spacial score (nSPS) is 13.9. The molecule has 0 aromatic heterocycles. The molecule has 17 nitrogen and oxygen atoms in total. The van der Waals surface area contributed by atoms with Gasteiger partial charge in [-0.3, -0.25) is 37.3 Å². The van der Waals surface area contributed by atoms with E-state index in [9.17, 15) is 43.2 Å². The van der Waals surface area contributed by atoms with Crippen molar-refractivity contribution in [1.29, 1.82) is 0 Å². The van der Waals surface area contributed by atoms with E-state index in [2.05, 4.69) is 48.5 Å². The molecule has 0 spiro atoms. The number of hydrogen-bond acceptors (Lipinski definition) is 15. The summed E-state index contributed by atoms with van der Waals surface area (Å²) in [4.78, 5) is 73.2. The van der Waals surface area contributed by atoms with E-state index in [1.807, 2.05) is 0 Å². The van der Waals surface area contributed by atoms with E-state index in [0.717, 1.165) is 108 Å². The van der Waals surface area contributed by atoms with Crippen LogP contribution in [0.4, 0.5) is 0 Å². The summed E-state index contributed by atoms with van der Waals surface area (Å²) in [5.41, 5.74) is 0. The fraction of sp³-hybridized carbons (Fsp3) is 0.953. The second-order valence-corrected chi connectivity index (χ2v) is 35.3. The van der Waals surface area contributed by atoms with Crippen molar-refractivity contribution in [1.82, 2.24) is 0 Å². The zero-order chi connectivity index (χ0) is 77.2. The third kappa shape index (κ3) is 79.9. The van der Waals surface area contributed by atoms with Gasteiger partial charge >= 0.3 is 39.5 Å². The van der Waals surface area contributed by atoms with Gasteiger partial charge in [-0.25, -0.2) is 9.13 Å². The van der Waals surface area contributed by atoms with Gasteiger partial charge in [0.2, 0.25) is 0 Å². The van der Waals surface area contributed by atoms with Crippen molar-refractivity contribution >= 4 is 39.5 Å². The lowest BCUT2D eigenvalue weighted by molar-refractivity contribution is -0.161. The number of hydrogen-bond donors (Lipinski definition) is 3. The Morgan fingerprint density at radius 1 is 0.257 bits per heavy atom. The Kier molecular flexibility index (Phi) is 74.7. The molecular formula is C86H168O17P2. The van der Waals surface area contributed by atoms with Gasteiger partial charge in [0.25, 0.3) is 0 Å². The minimum atomic E-state index is -4.97. The van der Waals surface area contributed by atoms with Crippen LogP contribution in [0.2, 0.25) is 0 Å². The smallest absolute Gasteiger partial charge is 0.462 e. The molecule has 0 aromatic carbocycles. The molecule has 105 heavy (non-hydrogen) atoms. The molecule has 0 aliphatic heterocycles. The Balaban J connectivity index is 5.22. The lowest BCUT2D eigenvalue weighted by atomic mass is 10.0. The summed E-state index contributed by atoms with van der Waals surface area (Å²) in [6.07, 6.45) is 66.8. The van der Waals surface area contributed by atoms with Crippen LogP contribution in [-0.2, 0) is 65.4 Å². The first-order valence-electron chi connectivity index (χ1n) is 44.3. The molecule has 0 amide bonds. The van der Waals surface area contributed by atoms with Crippen LogP contribution in [0.1, 0.15) is 453 Å². The maximum atomic E-state index is 13.1. The molecule has 0 fully saturated rings. The Hall–Kier alpha value is -1.94. The van der Waals surface area contributed by atoms with Gasteiger partial charge in [-0.1, -0.05) is 402 Å². The van der Waals surface area contributed by atoms with Crippen LogP contribution in [-0.4, -0.2) is 96.7 Å². The van der Waals surface area contributed by atoms with Gasteiger partial charge in [0.05, 0.1) is 26.4 Å². The van der Waals surface area contributed by atoms with Crippen molar-refractivity contribution in [3.8, 4) is 0 Å². The Bertz CT molecular complexity index is 2030. The highest BCUT2D eigenvalue weighted by Crippen LogP contribution is 2.45. The van der Waals surface area contributed by atoms with Gasteiger partial charge in [-0.15, -0.1) is 0 Å². The van der Waals surface area contributed by atoms with Crippen molar-refractivity contribution in [2.24, 2.45) is 17.8 Å². The molecule has 0 aliphatic carbocycles. The van der Waals surface area contributed by atoms with Gasteiger partial charge < -0.3 is 33.8 Å². The SMILES string of the molecule is CCCCCCCCCCCCCCCCCCCCCCCC(=O)O[C@H](COC(=O)CCCCCCCCCCCCCCCCCCC(C)C)COP(=O)(O)OC[C@@H](O)COP(=O)(O)OC[C@@H](COC(=O)CCCCCCCCCC(C)C)OC(=O)CCCCCCCCCCCCCCC(C)C. The summed E-state index contributed by atoms with van der Waals surface area (Å²) in [5, 5.41) is 10.7. The van der Waals surface area contributed by atoms with Gasteiger partial charge in [0, 0.05) is 25.7 Å². The number of esters is 4. The van der Waals surface area contributed by atoms with Crippen LogP contribution < -0.4 is 0 Å². The predicted octanol–water partition coefficient (Wildman–Crippen LogP) is 26.1. The molecule has 3 N–H and O–H groups in total. The summed E-state index contributed by atoms with van der Waals surface area (Å²) >= 11 is 0. The van der Waals surface area contributed by atoms with Crippen molar-refractivity contribution in [2.75, 3.05) is 39.6 Å². The van der Waals surface area contributed by atoms with Crippen LogP contribution in [0.5, 0.6) is 0 Å². The summed E-state index contributed by atoms with van der Waals surface area (Å²) in [7, 11) is -9.93. The molecule has 19 heteroatoms. The number of aliphatic hydroxyl groups excluding tert-OH is 1. The van der Waals surface area contributed by atoms with E-state index < -0.39 is 97.5 Å². The number of rotatable bonds is 84. The van der Waals surface area contributed by atoms with Crippen molar-refractivity contribution < 1.29 is 80.2 Å². The summed E-state index contributed by atoms with van der Waals surface area (Å²) < 4.78 is 68.9. The highest BCUT2D eigenvalue weighted by molar-refractivity contribution is 7.47.